The Bertz CT molecular complexity index is 806. The van der Waals surface area contributed by atoms with E-state index in [1.807, 2.05) is 0 Å². The summed E-state index contributed by atoms with van der Waals surface area (Å²) in [6.45, 7) is 1.80. The normalized spacial score (nSPS) is 16.3. The summed E-state index contributed by atoms with van der Waals surface area (Å²) in [5.74, 6) is -0.501. The predicted molar refractivity (Wildman–Crippen MR) is 103 cm³/mol. The first-order valence-electron chi connectivity index (χ1n) is 8.94. The van der Waals surface area contributed by atoms with Gasteiger partial charge in [0, 0.05) is 28.7 Å². The molecular weight excluding hydrogens is 353 g/mol. The van der Waals surface area contributed by atoms with Crippen LogP contribution in [0.25, 0.3) is 11.1 Å². The minimum absolute atomic E-state index is 0.202. The molecule has 1 fully saturated rings. The highest BCUT2D eigenvalue weighted by atomic mass is 35.5. The summed E-state index contributed by atoms with van der Waals surface area (Å²) in [7, 11) is 0. The average molecular weight is 376 g/mol. The number of rotatable bonds is 4. The lowest BCUT2D eigenvalue weighted by Gasteiger charge is -2.26. The maximum Gasteiger partial charge on any atom is 0.241 e. The van der Waals surface area contributed by atoms with Gasteiger partial charge in [0.15, 0.2) is 0 Å². The maximum atomic E-state index is 14.6. The number of pyridine rings is 1. The Kier molecular flexibility index (Phi) is 5.89. The van der Waals surface area contributed by atoms with E-state index < -0.39 is 11.9 Å². The smallest absolute Gasteiger partial charge is 0.241 e. The number of anilines is 1. The monoisotopic (exact) mass is 375 g/mol. The van der Waals surface area contributed by atoms with Crippen molar-refractivity contribution >= 4 is 23.2 Å². The lowest BCUT2D eigenvalue weighted by Crippen LogP contribution is -2.42. The second-order valence-corrected chi connectivity index (χ2v) is 7.33. The molecule has 0 saturated heterocycles. The number of benzene rings is 1. The number of hydrogen-bond acceptors (Lipinski definition) is 3. The molecule has 1 atom stereocenters. The molecule has 138 valence electrons. The van der Waals surface area contributed by atoms with Gasteiger partial charge in [0.05, 0.1) is 11.1 Å². The topological polar surface area (TPSA) is 68.0 Å². The molecule has 1 aliphatic rings. The number of nitrogens with two attached hydrogens (primary N) is 1. The molecule has 0 radical (unpaired) electrons. The van der Waals surface area contributed by atoms with Crippen molar-refractivity contribution in [3.05, 3.63) is 47.0 Å². The van der Waals surface area contributed by atoms with Gasteiger partial charge in [-0.2, -0.15) is 0 Å². The number of aromatic nitrogens is 1. The van der Waals surface area contributed by atoms with Crippen LogP contribution in [0.1, 0.15) is 37.8 Å². The molecule has 2 aromatic rings. The number of halogens is 2. The zero-order chi connectivity index (χ0) is 18.7. The van der Waals surface area contributed by atoms with Gasteiger partial charge in [-0.05, 0) is 49.9 Å². The average Bonchev–Trinajstić information content (AvgIpc) is 2.64. The number of nitrogens with zero attached hydrogens (tertiary/aromatic N) is 1. The van der Waals surface area contributed by atoms with E-state index in [4.69, 9.17) is 17.3 Å². The van der Waals surface area contributed by atoms with Crippen LogP contribution >= 0.6 is 11.6 Å². The molecule has 0 spiro atoms. The summed E-state index contributed by atoms with van der Waals surface area (Å²) >= 11 is 5.97. The van der Waals surface area contributed by atoms with Crippen molar-refractivity contribution in [3.8, 4) is 11.1 Å². The standard InChI is InChI=1S/C20H23ClFN3O/c1-12-17(9-14(21)11-24-12)16-8-7-15(10-18(16)22)25-20(26)19(23)13-5-3-2-4-6-13/h7-11,13,19H,2-6,23H2,1H3,(H,25,26)/t19-/m0/s1. The molecule has 0 bridgehead atoms. The van der Waals surface area contributed by atoms with Crippen LogP contribution in [0.15, 0.2) is 30.5 Å². The van der Waals surface area contributed by atoms with Crippen molar-refractivity contribution in [1.82, 2.24) is 4.98 Å². The molecule has 1 heterocycles. The Morgan fingerprint density at radius 2 is 2.00 bits per heavy atom. The van der Waals surface area contributed by atoms with Gasteiger partial charge in [-0.1, -0.05) is 30.9 Å². The number of hydrogen-bond donors (Lipinski definition) is 2. The highest BCUT2D eigenvalue weighted by Gasteiger charge is 2.26. The van der Waals surface area contributed by atoms with Crippen molar-refractivity contribution in [1.29, 1.82) is 0 Å². The Hall–Kier alpha value is -1.98. The van der Waals surface area contributed by atoms with Crippen molar-refractivity contribution in [2.24, 2.45) is 11.7 Å². The quantitative estimate of drug-likeness (QED) is 0.814. The van der Waals surface area contributed by atoms with Crippen LogP contribution in [0.5, 0.6) is 0 Å². The van der Waals surface area contributed by atoms with Crippen molar-refractivity contribution < 1.29 is 9.18 Å². The van der Waals surface area contributed by atoms with E-state index in [0.717, 1.165) is 25.7 Å². The molecule has 1 aromatic carbocycles. The highest BCUT2D eigenvalue weighted by Crippen LogP contribution is 2.30. The second kappa shape index (κ2) is 8.14. The maximum absolute atomic E-state index is 14.6. The summed E-state index contributed by atoms with van der Waals surface area (Å²) < 4.78 is 14.6. The second-order valence-electron chi connectivity index (χ2n) is 6.89. The molecule has 4 nitrogen and oxygen atoms in total. The molecule has 1 amide bonds. The van der Waals surface area contributed by atoms with Crippen LogP contribution in [0, 0.1) is 18.7 Å². The van der Waals surface area contributed by atoms with Gasteiger partial charge in [-0.15, -0.1) is 0 Å². The minimum atomic E-state index is -0.558. The zero-order valence-electron chi connectivity index (χ0n) is 14.8. The molecule has 0 aliphatic heterocycles. The van der Waals surface area contributed by atoms with Crippen molar-refractivity contribution in [3.63, 3.8) is 0 Å². The highest BCUT2D eigenvalue weighted by molar-refractivity contribution is 6.30. The van der Waals surface area contributed by atoms with Crippen molar-refractivity contribution in [2.75, 3.05) is 5.32 Å². The fourth-order valence-electron chi connectivity index (χ4n) is 3.52. The zero-order valence-corrected chi connectivity index (χ0v) is 15.5. The molecule has 6 heteroatoms. The van der Waals surface area contributed by atoms with E-state index in [9.17, 15) is 9.18 Å². The van der Waals surface area contributed by atoms with Crippen LogP contribution in [0.4, 0.5) is 10.1 Å². The number of amides is 1. The largest absolute Gasteiger partial charge is 0.325 e. The molecule has 1 aliphatic carbocycles. The number of carbonyl (C=O) groups excluding carboxylic acids is 1. The van der Waals surface area contributed by atoms with Gasteiger partial charge in [0.2, 0.25) is 5.91 Å². The van der Waals surface area contributed by atoms with Crippen LogP contribution in [0.2, 0.25) is 5.02 Å². The first kappa shape index (κ1) is 18.8. The fourth-order valence-corrected chi connectivity index (χ4v) is 3.68. The van der Waals surface area contributed by atoms with E-state index in [2.05, 4.69) is 10.3 Å². The van der Waals surface area contributed by atoms with Crippen LogP contribution < -0.4 is 11.1 Å². The predicted octanol–water partition coefficient (Wildman–Crippen LogP) is 4.70. The molecule has 1 aromatic heterocycles. The summed E-state index contributed by atoms with van der Waals surface area (Å²) in [6, 6.07) is 5.72. The lowest BCUT2D eigenvalue weighted by molar-refractivity contribution is -0.118. The lowest BCUT2D eigenvalue weighted by atomic mass is 9.84. The van der Waals surface area contributed by atoms with E-state index >= 15 is 0 Å². The van der Waals surface area contributed by atoms with Gasteiger partial charge in [-0.3, -0.25) is 9.78 Å². The SMILES string of the molecule is Cc1ncc(Cl)cc1-c1ccc(NC(=O)[C@@H](N)C2CCCCC2)cc1F. The van der Waals surface area contributed by atoms with Crippen LogP contribution in [0.3, 0.4) is 0 Å². The molecule has 26 heavy (non-hydrogen) atoms. The molecular formula is C20H23ClFN3O. The number of aryl methyl sites for hydroxylation is 1. The molecule has 0 unspecified atom stereocenters. The van der Waals surface area contributed by atoms with Gasteiger partial charge in [0.1, 0.15) is 5.82 Å². The third-order valence-corrected chi connectivity index (χ3v) is 5.25. The Labute approximate surface area is 158 Å². The van der Waals surface area contributed by atoms with Gasteiger partial charge < -0.3 is 11.1 Å². The van der Waals surface area contributed by atoms with Gasteiger partial charge in [0.25, 0.3) is 0 Å². The summed E-state index contributed by atoms with van der Waals surface area (Å²) in [5, 5.41) is 3.18. The summed E-state index contributed by atoms with van der Waals surface area (Å²) in [5.41, 5.74) is 8.22. The molecule has 3 N–H and O–H groups in total. The van der Waals surface area contributed by atoms with E-state index in [1.54, 1.807) is 25.1 Å². The first-order valence-corrected chi connectivity index (χ1v) is 9.32. The number of nitrogens with one attached hydrogen (secondary N) is 1. The Balaban J connectivity index is 1.75. The summed E-state index contributed by atoms with van der Waals surface area (Å²) in [6.07, 6.45) is 6.91. The van der Waals surface area contributed by atoms with Gasteiger partial charge >= 0.3 is 0 Å². The van der Waals surface area contributed by atoms with E-state index in [-0.39, 0.29) is 11.8 Å². The molecule has 1 saturated carbocycles. The third kappa shape index (κ3) is 4.22. The fraction of sp³-hybridized carbons (Fsp3) is 0.400. The Morgan fingerprint density at radius 3 is 2.69 bits per heavy atom. The van der Waals surface area contributed by atoms with E-state index in [0.29, 0.717) is 27.5 Å². The third-order valence-electron chi connectivity index (χ3n) is 5.04. The Morgan fingerprint density at radius 1 is 1.27 bits per heavy atom. The van der Waals surface area contributed by atoms with Crippen molar-refractivity contribution in [2.45, 2.75) is 45.1 Å². The first-order chi connectivity index (χ1) is 12.5. The van der Waals surface area contributed by atoms with Crippen LogP contribution in [-0.4, -0.2) is 16.9 Å². The molecule has 3 rings (SSSR count). The van der Waals surface area contributed by atoms with Crippen LogP contribution in [-0.2, 0) is 4.79 Å². The number of carbonyl (C=O) groups is 1. The van der Waals surface area contributed by atoms with Gasteiger partial charge in [-0.25, -0.2) is 4.39 Å². The minimum Gasteiger partial charge on any atom is -0.325 e. The summed E-state index contributed by atoms with van der Waals surface area (Å²) in [4.78, 5) is 16.5. The van der Waals surface area contributed by atoms with E-state index in [1.165, 1.54) is 18.7 Å².